The van der Waals surface area contributed by atoms with Crippen molar-refractivity contribution in [1.82, 2.24) is 0 Å². The zero-order chi connectivity index (χ0) is 15.6. The van der Waals surface area contributed by atoms with Crippen molar-refractivity contribution in [2.24, 2.45) is 5.14 Å². The summed E-state index contributed by atoms with van der Waals surface area (Å²) in [7, 11) is -3.99. The summed E-state index contributed by atoms with van der Waals surface area (Å²) in [4.78, 5) is 11.8. The van der Waals surface area contributed by atoms with Crippen LogP contribution >= 0.6 is 0 Å². The minimum atomic E-state index is -3.99. The number of sulfonamides is 1. The van der Waals surface area contributed by atoms with E-state index in [9.17, 15) is 17.6 Å². The maximum Gasteiger partial charge on any atom is 0.258 e. The number of halogens is 1. The number of aryl methyl sites for hydroxylation is 1. The van der Waals surface area contributed by atoms with Crippen molar-refractivity contribution in [3.05, 3.63) is 59.4 Å². The lowest BCUT2D eigenvalue weighted by molar-refractivity contribution is 0.102. The third kappa shape index (κ3) is 3.45. The summed E-state index contributed by atoms with van der Waals surface area (Å²) in [6.45, 7) is 1.70. The van der Waals surface area contributed by atoms with E-state index in [4.69, 9.17) is 5.14 Å². The van der Waals surface area contributed by atoms with Crippen molar-refractivity contribution in [2.75, 3.05) is 5.32 Å². The normalized spacial score (nSPS) is 11.2. The lowest BCUT2D eigenvalue weighted by atomic mass is 10.1. The van der Waals surface area contributed by atoms with E-state index in [0.717, 1.165) is 0 Å². The van der Waals surface area contributed by atoms with Crippen LogP contribution in [0, 0.1) is 12.7 Å². The summed E-state index contributed by atoms with van der Waals surface area (Å²) >= 11 is 0. The number of para-hydroxylation sites is 1. The monoisotopic (exact) mass is 308 g/mol. The predicted molar refractivity (Wildman–Crippen MR) is 76.9 cm³/mol. The largest absolute Gasteiger partial charge is 0.321 e. The fourth-order valence-electron chi connectivity index (χ4n) is 1.81. The lowest BCUT2D eigenvalue weighted by Gasteiger charge is -2.10. The van der Waals surface area contributed by atoms with Gasteiger partial charge in [0.05, 0.1) is 11.3 Å². The Morgan fingerprint density at radius 1 is 1.19 bits per heavy atom. The number of anilines is 1. The number of hydrogen-bond donors (Lipinski definition) is 2. The van der Waals surface area contributed by atoms with Crippen LogP contribution in [-0.2, 0) is 10.0 Å². The maximum atomic E-state index is 13.7. The van der Waals surface area contributed by atoms with Crippen LogP contribution in [0.2, 0.25) is 0 Å². The average molecular weight is 308 g/mol. The van der Waals surface area contributed by atoms with Gasteiger partial charge >= 0.3 is 0 Å². The highest BCUT2D eigenvalue weighted by atomic mass is 32.2. The molecule has 21 heavy (non-hydrogen) atoms. The zero-order valence-corrected chi connectivity index (χ0v) is 11.9. The number of carbonyl (C=O) groups is 1. The smallest absolute Gasteiger partial charge is 0.258 e. The first-order valence-corrected chi connectivity index (χ1v) is 7.53. The second-order valence-corrected chi connectivity index (χ2v) is 6.01. The lowest BCUT2D eigenvalue weighted by Crippen LogP contribution is -2.19. The summed E-state index contributed by atoms with van der Waals surface area (Å²) in [6, 6.07) is 9.79. The molecule has 2 rings (SSSR count). The van der Waals surface area contributed by atoms with Gasteiger partial charge in [0.25, 0.3) is 5.91 Å². The molecule has 0 aliphatic heterocycles. The van der Waals surface area contributed by atoms with Crippen molar-refractivity contribution in [3.63, 3.8) is 0 Å². The van der Waals surface area contributed by atoms with Crippen LogP contribution in [0.5, 0.6) is 0 Å². The highest BCUT2D eigenvalue weighted by Crippen LogP contribution is 2.20. The van der Waals surface area contributed by atoms with E-state index in [-0.39, 0.29) is 16.1 Å². The van der Waals surface area contributed by atoms with Crippen molar-refractivity contribution in [2.45, 2.75) is 11.8 Å². The molecule has 5 nitrogen and oxygen atoms in total. The molecule has 0 heterocycles. The number of primary sulfonamides is 1. The van der Waals surface area contributed by atoms with E-state index in [1.807, 2.05) is 0 Å². The van der Waals surface area contributed by atoms with Gasteiger partial charge in [-0.1, -0.05) is 18.2 Å². The standard InChI is InChI=1S/C14H13FN2O3S/c1-9-6-7-10(11(15)8-9)14(18)17-12-4-2-3-5-13(12)21(16,19)20/h2-8H,1H3,(H,17,18)(H2,16,19,20). The van der Waals surface area contributed by atoms with Gasteiger partial charge in [-0.3, -0.25) is 4.79 Å². The Morgan fingerprint density at radius 3 is 2.48 bits per heavy atom. The van der Waals surface area contributed by atoms with Gasteiger partial charge in [0.2, 0.25) is 10.0 Å². The molecule has 0 bridgehead atoms. The van der Waals surface area contributed by atoms with Crippen LogP contribution < -0.4 is 10.5 Å². The number of nitrogens with two attached hydrogens (primary N) is 1. The van der Waals surface area contributed by atoms with Crippen LogP contribution in [0.4, 0.5) is 10.1 Å². The number of carbonyl (C=O) groups excluding carboxylic acids is 1. The van der Waals surface area contributed by atoms with Gasteiger partial charge in [-0.2, -0.15) is 0 Å². The van der Waals surface area contributed by atoms with Gasteiger partial charge in [0.15, 0.2) is 0 Å². The molecule has 2 aromatic carbocycles. The molecule has 0 atom stereocenters. The van der Waals surface area contributed by atoms with Crippen molar-refractivity contribution < 1.29 is 17.6 Å². The molecule has 0 fully saturated rings. The van der Waals surface area contributed by atoms with Crippen molar-refractivity contribution in [1.29, 1.82) is 0 Å². The number of amides is 1. The molecule has 0 aromatic heterocycles. The fraction of sp³-hybridized carbons (Fsp3) is 0.0714. The average Bonchev–Trinajstić information content (AvgIpc) is 2.37. The van der Waals surface area contributed by atoms with Gasteiger partial charge in [-0.25, -0.2) is 17.9 Å². The van der Waals surface area contributed by atoms with E-state index in [2.05, 4.69) is 5.32 Å². The second-order valence-electron chi connectivity index (χ2n) is 4.48. The van der Waals surface area contributed by atoms with Gasteiger partial charge < -0.3 is 5.32 Å². The van der Waals surface area contributed by atoms with E-state index in [0.29, 0.717) is 5.56 Å². The van der Waals surface area contributed by atoms with Gasteiger partial charge in [-0.05, 0) is 36.8 Å². The minimum absolute atomic E-state index is 0.00461. The molecule has 110 valence electrons. The first-order chi connectivity index (χ1) is 9.79. The maximum absolute atomic E-state index is 13.7. The minimum Gasteiger partial charge on any atom is -0.321 e. The van der Waals surface area contributed by atoms with Crippen LogP contribution in [0.3, 0.4) is 0 Å². The van der Waals surface area contributed by atoms with Gasteiger partial charge in [0.1, 0.15) is 10.7 Å². The first kappa shape index (κ1) is 15.1. The summed E-state index contributed by atoms with van der Waals surface area (Å²) in [6.07, 6.45) is 0. The first-order valence-electron chi connectivity index (χ1n) is 5.98. The zero-order valence-electron chi connectivity index (χ0n) is 11.1. The molecule has 1 amide bonds. The Hall–Kier alpha value is -2.25. The molecular weight excluding hydrogens is 295 g/mol. The highest BCUT2D eigenvalue weighted by molar-refractivity contribution is 7.89. The topological polar surface area (TPSA) is 89.3 Å². The quantitative estimate of drug-likeness (QED) is 0.909. The molecule has 0 saturated carbocycles. The van der Waals surface area contributed by atoms with Crippen molar-refractivity contribution >= 4 is 21.6 Å². The van der Waals surface area contributed by atoms with Crippen LogP contribution in [-0.4, -0.2) is 14.3 Å². The second kappa shape index (κ2) is 5.63. The number of nitrogens with one attached hydrogen (secondary N) is 1. The molecule has 0 saturated heterocycles. The van der Waals surface area contributed by atoms with Gasteiger partial charge in [0, 0.05) is 0 Å². The molecule has 2 aromatic rings. The molecule has 0 aliphatic carbocycles. The summed E-state index contributed by atoms with van der Waals surface area (Å²) in [5.74, 6) is -1.43. The van der Waals surface area contributed by atoms with E-state index >= 15 is 0 Å². The molecule has 0 radical (unpaired) electrons. The number of benzene rings is 2. The van der Waals surface area contributed by atoms with Crippen LogP contribution in [0.1, 0.15) is 15.9 Å². The summed E-state index contributed by atoms with van der Waals surface area (Å²) < 4.78 is 36.6. The Morgan fingerprint density at radius 2 is 1.86 bits per heavy atom. The number of hydrogen-bond acceptors (Lipinski definition) is 3. The summed E-state index contributed by atoms with van der Waals surface area (Å²) in [5.41, 5.74) is 0.504. The summed E-state index contributed by atoms with van der Waals surface area (Å²) in [5, 5.41) is 7.42. The highest BCUT2D eigenvalue weighted by Gasteiger charge is 2.17. The Bertz CT molecular complexity index is 804. The Labute approximate surface area is 121 Å². The Kier molecular flexibility index (Phi) is 4.06. The van der Waals surface area contributed by atoms with E-state index in [1.165, 1.54) is 36.4 Å². The molecule has 3 N–H and O–H groups in total. The predicted octanol–water partition coefficient (Wildman–Crippen LogP) is 2.03. The third-order valence-electron chi connectivity index (χ3n) is 2.81. The molecule has 0 spiro atoms. The third-order valence-corrected chi connectivity index (χ3v) is 3.78. The van der Waals surface area contributed by atoms with E-state index < -0.39 is 21.7 Å². The molecular formula is C14H13FN2O3S. The molecule has 0 aliphatic rings. The van der Waals surface area contributed by atoms with Crippen LogP contribution in [0.25, 0.3) is 0 Å². The molecule has 7 heteroatoms. The van der Waals surface area contributed by atoms with E-state index in [1.54, 1.807) is 13.0 Å². The number of rotatable bonds is 3. The molecule has 0 unspecified atom stereocenters. The van der Waals surface area contributed by atoms with Crippen LogP contribution in [0.15, 0.2) is 47.4 Å². The van der Waals surface area contributed by atoms with Gasteiger partial charge in [-0.15, -0.1) is 0 Å². The Balaban J connectivity index is 2.37. The van der Waals surface area contributed by atoms with Crippen molar-refractivity contribution in [3.8, 4) is 0 Å². The fourth-order valence-corrected chi connectivity index (χ4v) is 2.51. The SMILES string of the molecule is Cc1ccc(C(=O)Nc2ccccc2S(N)(=O)=O)c(F)c1.